The SMILES string of the molecule is Cc1sc(Br)cc1S(=O)(=O)N1CCC2CNCC2C1. The van der Waals surface area contributed by atoms with E-state index in [9.17, 15) is 8.42 Å². The Labute approximate surface area is 126 Å². The molecule has 2 unspecified atom stereocenters. The molecule has 0 spiro atoms. The topological polar surface area (TPSA) is 49.4 Å². The van der Waals surface area contributed by atoms with Gasteiger partial charge < -0.3 is 5.32 Å². The molecule has 2 aliphatic heterocycles. The van der Waals surface area contributed by atoms with Crippen LogP contribution in [-0.2, 0) is 10.0 Å². The van der Waals surface area contributed by atoms with Crippen molar-refractivity contribution in [2.75, 3.05) is 26.2 Å². The number of rotatable bonds is 2. The van der Waals surface area contributed by atoms with Crippen LogP contribution in [0.3, 0.4) is 0 Å². The summed E-state index contributed by atoms with van der Waals surface area (Å²) in [6.45, 7) is 5.17. The van der Waals surface area contributed by atoms with Crippen LogP contribution in [0.25, 0.3) is 0 Å². The van der Waals surface area contributed by atoms with Crippen molar-refractivity contribution < 1.29 is 8.42 Å². The van der Waals surface area contributed by atoms with Gasteiger partial charge in [-0.3, -0.25) is 0 Å². The number of aryl methyl sites for hydroxylation is 1. The number of hydrogen-bond donors (Lipinski definition) is 1. The van der Waals surface area contributed by atoms with Crippen LogP contribution in [0.5, 0.6) is 0 Å². The van der Waals surface area contributed by atoms with Crippen LogP contribution >= 0.6 is 27.3 Å². The molecule has 2 saturated heterocycles. The molecular formula is C12H17BrN2O2S2. The van der Waals surface area contributed by atoms with E-state index < -0.39 is 10.0 Å². The van der Waals surface area contributed by atoms with Crippen LogP contribution in [0.15, 0.2) is 14.7 Å². The van der Waals surface area contributed by atoms with Crippen LogP contribution in [0, 0.1) is 18.8 Å². The molecule has 4 nitrogen and oxygen atoms in total. The average molecular weight is 365 g/mol. The maximum absolute atomic E-state index is 12.7. The highest BCUT2D eigenvalue weighted by Crippen LogP contribution is 2.34. The van der Waals surface area contributed by atoms with Crippen molar-refractivity contribution in [1.29, 1.82) is 0 Å². The Morgan fingerprint density at radius 2 is 2.16 bits per heavy atom. The van der Waals surface area contributed by atoms with Crippen molar-refractivity contribution in [2.45, 2.75) is 18.2 Å². The standard InChI is InChI=1S/C12H17BrN2O2S2/c1-8-11(4-12(13)18-8)19(16,17)15-3-2-9-5-14-6-10(9)7-15/h4,9-10,14H,2-3,5-7H2,1H3. The first kappa shape index (κ1) is 14.0. The Hall–Kier alpha value is 0.0500. The van der Waals surface area contributed by atoms with E-state index in [1.165, 1.54) is 11.3 Å². The second kappa shape index (κ2) is 5.11. The van der Waals surface area contributed by atoms with Gasteiger partial charge in [0.05, 0.1) is 8.68 Å². The average Bonchev–Trinajstić information content (AvgIpc) is 2.94. The summed E-state index contributed by atoms with van der Waals surface area (Å²) in [5.74, 6) is 1.13. The normalized spacial score (nSPS) is 28.5. The molecule has 1 aromatic rings. The zero-order valence-corrected chi connectivity index (χ0v) is 13.9. The third kappa shape index (κ3) is 2.51. The Balaban J connectivity index is 1.87. The van der Waals surface area contributed by atoms with E-state index in [4.69, 9.17) is 0 Å². The molecule has 1 N–H and O–H groups in total. The van der Waals surface area contributed by atoms with E-state index in [0.717, 1.165) is 28.2 Å². The fourth-order valence-electron chi connectivity index (χ4n) is 3.05. The minimum Gasteiger partial charge on any atom is -0.316 e. The van der Waals surface area contributed by atoms with E-state index >= 15 is 0 Å². The van der Waals surface area contributed by atoms with E-state index in [-0.39, 0.29) is 0 Å². The van der Waals surface area contributed by atoms with Gasteiger partial charge in [-0.25, -0.2) is 8.42 Å². The first-order chi connectivity index (χ1) is 8.98. The molecule has 0 aromatic carbocycles. The van der Waals surface area contributed by atoms with Crippen molar-refractivity contribution in [1.82, 2.24) is 9.62 Å². The minimum absolute atomic E-state index is 0.466. The summed E-state index contributed by atoms with van der Waals surface area (Å²) in [5.41, 5.74) is 0. The fourth-order valence-corrected chi connectivity index (χ4v) is 6.94. The molecule has 0 aliphatic carbocycles. The van der Waals surface area contributed by atoms with Gasteiger partial charge in [0.25, 0.3) is 0 Å². The highest BCUT2D eigenvalue weighted by Gasteiger charge is 2.38. The first-order valence-electron chi connectivity index (χ1n) is 6.45. The third-order valence-corrected chi connectivity index (χ3v) is 7.80. The maximum atomic E-state index is 12.7. The lowest BCUT2D eigenvalue weighted by Crippen LogP contribution is -2.43. The molecular weight excluding hydrogens is 348 g/mol. The molecule has 106 valence electrons. The van der Waals surface area contributed by atoms with Gasteiger partial charge in [-0.2, -0.15) is 4.31 Å². The zero-order chi connectivity index (χ0) is 13.6. The van der Waals surface area contributed by atoms with Crippen molar-refractivity contribution in [2.24, 2.45) is 11.8 Å². The molecule has 2 fully saturated rings. The summed E-state index contributed by atoms with van der Waals surface area (Å²) in [6, 6.07) is 1.73. The van der Waals surface area contributed by atoms with Crippen molar-refractivity contribution in [3.63, 3.8) is 0 Å². The number of hydrogen-bond acceptors (Lipinski definition) is 4. The van der Waals surface area contributed by atoms with Gasteiger partial charge in [0.1, 0.15) is 0 Å². The summed E-state index contributed by atoms with van der Waals surface area (Å²) < 4.78 is 27.9. The number of nitrogens with zero attached hydrogens (tertiary/aromatic N) is 1. The second-order valence-corrected chi connectivity index (χ2v) is 9.84. The van der Waals surface area contributed by atoms with Crippen LogP contribution in [-0.4, -0.2) is 38.9 Å². The van der Waals surface area contributed by atoms with Crippen molar-refractivity contribution in [3.05, 3.63) is 14.7 Å². The van der Waals surface area contributed by atoms with Gasteiger partial charge >= 0.3 is 0 Å². The van der Waals surface area contributed by atoms with Crippen molar-refractivity contribution >= 4 is 37.3 Å². The third-order valence-electron chi connectivity index (χ3n) is 4.13. The first-order valence-corrected chi connectivity index (χ1v) is 9.50. The lowest BCUT2D eigenvalue weighted by atomic mass is 9.90. The Morgan fingerprint density at radius 1 is 1.42 bits per heavy atom. The molecule has 0 amide bonds. The number of thiophene rings is 1. The van der Waals surface area contributed by atoms with Gasteiger partial charge in [-0.1, -0.05) is 0 Å². The van der Waals surface area contributed by atoms with E-state index in [1.807, 2.05) is 6.92 Å². The number of fused-ring (bicyclic) bond motifs is 1. The molecule has 3 rings (SSSR count). The second-order valence-electron chi connectivity index (χ2n) is 5.30. The van der Waals surface area contributed by atoms with Gasteiger partial charge in [0.2, 0.25) is 10.0 Å². The number of halogens is 1. The van der Waals surface area contributed by atoms with Crippen molar-refractivity contribution in [3.8, 4) is 0 Å². The van der Waals surface area contributed by atoms with E-state index in [1.54, 1.807) is 10.4 Å². The predicted octanol–water partition coefficient (Wildman–Crippen LogP) is 2.05. The molecule has 0 saturated carbocycles. The Kier molecular flexibility index (Phi) is 3.77. The lowest BCUT2D eigenvalue weighted by Gasteiger charge is -2.33. The molecule has 2 atom stereocenters. The summed E-state index contributed by atoms with van der Waals surface area (Å²) in [6.07, 6.45) is 0.973. The highest BCUT2D eigenvalue weighted by molar-refractivity contribution is 9.11. The van der Waals surface area contributed by atoms with Gasteiger partial charge in [0.15, 0.2) is 0 Å². The molecule has 0 bridgehead atoms. The quantitative estimate of drug-likeness (QED) is 0.873. The van der Waals surface area contributed by atoms with Crippen LogP contribution in [0.1, 0.15) is 11.3 Å². The lowest BCUT2D eigenvalue weighted by molar-refractivity contribution is 0.228. The Bertz CT molecular complexity index is 585. The number of nitrogens with one attached hydrogen (secondary N) is 1. The smallest absolute Gasteiger partial charge is 0.244 e. The highest BCUT2D eigenvalue weighted by atomic mass is 79.9. The molecule has 19 heavy (non-hydrogen) atoms. The monoisotopic (exact) mass is 364 g/mol. The summed E-state index contributed by atoms with van der Waals surface area (Å²) in [7, 11) is -3.32. The maximum Gasteiger partial charge on any atom is 0.244 e. The van der Waals surface area contributed by atoms with E-state index in [0.29, 0.717) is 29.8 Å². The number of piperidine rings is 1. The predicted molar refractivity (Wildman–Crippen MR) is 80.0 cm³/mol. The molecule has 7 heteroatoms. The fraction of sp³-hybridized carbons (Fsp3) is 0.667. The summed E-state index contributed by atoms with van der Waals surface area (Å²) >= 11 is 4.85. The summed E-state index contributed by atoms with van der Waals surface area (Å²) in [5, 5.41) is 3.36. The Morgan fingerprint density at radius 3 is 2.84 bits per heavy atom. The van der Waals surface area contributed by atoms with Gasteiger partial charge in [-0.05, 0) is 60.3 Å². The zero-order valence-electron chi connectivity index (χ0n) is 10.7. The van der Waals surface area contributed by atoms with Crippen LogP contribution in [0.4, 0.5) is 0 Å². The van der Waals surface area contributed by atoms with Crippen LogP contribution < -0.4 is 5.32 Å². The minimum atomic E-state index is -3.32. The molecule has 2 aliphatic rings. The summed E-state index contributed by atoms with van der Waals surface area (Å²) in [4.78, 5) is 1.33. The van der Waals surface area contributed by atoms with Gasteiger partial charge in [-0.15, -0.1) is 11.3 Å². The van der Waals surface area contributed by atoms with Gasteiger partial charge in [0, 0.05) is 18.0 Å². The molecule has 0 radical (unpaired) electrons. The van der Waals surface area contributed by atoms with E-state index in [2.05, 4.69) is 21.2 Å². The molecule has 1 aromatic heterocycles. The number of sulfonamides is 1. The largest absolute Gasteiger partial charge is 0.316 e. The molecule has 3 heterocycles. The van der Waals surface area contributed by atoms with Crippen LogP contribution in [0.2, 0.25) is 0 Å².